The van der Waals surface area contributed by atoms with Crippen molar-refractivity contribution in [2.24, 2.45) is 0 Å². The Hall–Kier alpha value is -3.09. The van der Waals surface area contributed by atoms with Crippen molar-refractivity contribution in [3.8, 4) is 0 Å². The second kappa shape index (κ2) is 4.98. The zero-order valence-corrected chi connectivity index (χ0v) is 12.1. The van der Waals surface area contributed by atoms with E-state index >= 15 is 0 Å². The van der Waals surface area contributed by atoms with Crippen molar-refractivity contribution in [3.05, 3.63) is 59.9 Å². The highest BCUT2D eigenvalue weighted by Gasteiger charge is 2.14. The van der Waals surface area contributed by atoms with E-state index in [1.807, 2.05) is 35.6 Å². The van der Waals surface area contributed by atoms with Gasteiger partial charge >= 0.3 is 0 Å². The van der Waals surface area contributed by atoms with Crippen LogP contribution in [0.4, 0.5) is 20.3 Å². The third-order valence-corrected chi connectivity index (χ3v) is 3.58. The quantitative estimate of drug-likeness (QED) is 0.614. The summed E-state index contributed by atoms with van der Waals surface area (Å²) < 4.78 is 28.8. The molecular weight excluding hydrogens is 300 g/mol. The average Bonchev–Trinajstić information content (AvgIpc) is 2.93. The van der Waals surface area contributed by atoms with Gasteiger partial charge in [0.05, 0.1) is 16.7 Å². The molecule has 4 rings (SSSR count). The first-order valence-electron chi connectivity index (χ1n) is 6.96. The summed E-state index contributed by atoms with van der Waals surface area (Å²) in [5.74, 6) is -0.284. The first-order valence-corrected chi connectivity index (χ1v) is 6.96. The molecule has 5 nitrogen and oxygen atoms in total. The highest BCUT2D eigenvalue weighted by molar-refractivity contribution is 5.84. The summed E-state index contributed by atoms with van der Waals surface area (Å²) >= 11 is 0. The van der Waals surface area contributed by atoms with Crippen molar-refractivity contribution in [1.82, 2.24) is 19.6 Å². The summed E-state index contributed by atoms with van der Waals surface area (Å²) in [5, 5.41) is 11.0. The third-order valence-electron chi connectivity index (χ3n) is 3.58. The molecule has 0 saturated heterocycles. The second-order valence-electron chi connectivity index (χ2n) is 5.10. The van der Waals surface area contributed by atoms with Crippen LogP contribution in [0, 0.1) is 18.6 Å². The largest absolute Gasteiger partial charge is 0.335 e. The molecule has 2 heterocycles. The van der Waals surface area contributed by atoms with Crippen molar-refractivity contribution >= 4 is 28.2 Å². The number of anilines is 2. The van der Waals surface area contributed by atoms with Gasteiger partial charge in [-0.3, -0.25) is 4.40 Å². The monoisotopic (exact) mass is 311 g/mol. The maximum Gasteiger partial charge on any atom is 0.204 e. The normalized spacial score (nSPS) is 11.3. The molecule has 2 aromatic heterocycles. The molecule has 0 saturated carbocycles. The highest BCUT2D eigenvalue weighted by Crippen LogP contribution is 2.25. The van der Waals surface area contributed by atoms with Crippen LogP contribution in [0.5, 0.6) is 0 Å². The van der Waals surface area contributed by atoms with Crippen molar-refractivity contribution in [2.45, 2.75) is 6.92 Å². The lowest BCUT2D eigenvalue weighted by Crippen LogP contribution is -2.02. The third kappa shape index (κ3) is 2.17. The van der Waals surface area contributed by atoms with Crippen LogP contribution < -0.4 is 5.32 Å². The Balaban J connectivity index is 1.95. The summed E-state index contributed by atoms with van der Waals surface area (Å²) in [5.41, 5.74) is 2.17. The molecule has 0 amide bonds. The van der Waals surface area contributed by atoms with Gasteiger partial charge in [0.15, 0.2) is 5.82 Å². The van der Waals surface area contributed by atoms with Gasteiger partial charge in [0.25, 0.3) is 0 Å². The molecule has 0 spiro atoms. The van der Waals surface area contributed by atoms with Crippen LogP contribution in [0.2, 0.25) is 0 Å². The molecule has 1 N–H and O–H groups in total. The van der Waals surface area contributed by atoms with E-state index in [4.69, 9.17) is 0 Å². The van der Waals surface area contributed by atoms with Gasteiger partial charge < -0.3 is 5.32 Å². The van der Waals surface area contributed by atoms with Crippen LogP contribution >= 0.6 is 0 Å². The van der Waals surface area contributed by atoms with Gasteiger partial charge in [0, 0.05) is 6.07 Å². The topological polar surface area (TPSA) is 55.1 Å². The van der Waals surface area contributed by atoms with Crippen LogP contribution in [0.25, 0.3) is 16.7 Å². The lowest BCUT2D eigenvalue weighted by molar-refractivity contribution is 0.586. The fourth-order valence-electron chi connectivity index (χ4n) is 2.52. The van der Waals surface area contributed by atoms with Crippen molar-refractivity contribution in [2.75, 3.05) is 5.32 Å². The van der Waals surface area contributed by atoms with E-state index in [1.165, 1.54) is 12.1 Å². The number of rotatable bonds is 2. The lowest BCUT2D eigenvalue weighted by atomic mass is 10.2. The van der Waals surface area contributed by atoms with E-state index in [1.54, 1.807) is 0 Å². The number of aromatic nitrogens is 4. The van der Waals surface area contributed by atoms with Gasteiger partial charge in [-0.2, -0.15) is 0 Å². The molecule has 2 aromatic carbocycles. The summed E-state index contributed by atoms with van der Waals surface area (Å²) in [4.78, 5) is 4.48. The summed E-state index contributed by atoms with van der Waals surface area (Å²) in [6.45, 7) is 1.83. The molecule has 0 radical (unpaired) electrons. The highest BCUT2D eigenvalue weighted by atomic mass is 19.1. The molecule has 0 aliphatic heterocycles. The van der Waals surface area contributed by atoms with Crippen molar-refractivity contribution in [3.63, 3.8) is 0 Å². The molecule has 4 aromatic rings. The molecular formula is C16H11F2N5. The summed E-state index contributed by atoms with van der Waals surface area (Å²) in [6, 6.07) is 10.8. The van der Waals surface area contributed by atoms with Gasteiger partial charge in [0.1, 0.15) is 17.5 Å². The van der Waals surface area contributed by atoms with Gasteiger partial charge in [-0.1, -0.05) is 12.1 Å². The molecule has 0 fully saturated rings. The van der Waals surface area contributed by atoms with Crippen molar-refractivity contribution < 1.29 is 8.78 Å². The zero-order chi connectivity index (χ0) is 16.0. The number of para-hydroxylation sites is 2. The van der Waals surface area contributed by atoms with Gasteiger partial charge in [-0.05, 0) is 31.2 Å². The molecule has 7 heteroatoms. The predicted octanol–water partition coefficient (Wildman–Crippen LogP) is 3.61. The maximum atomic E-state index is 13.9. The Labute approximate surface area is 129 Å². The minimum atomic E-state index is -0.700. The van der Waals surface area contributed by atoms with Crippen molar-refractivity contribution in [1.29, 1.82) is 0 Å². The molecule has 0 bridgehead atoms. The Morgan fingerprint density at radius 2 is 1.87 bits per heavy atom. The van der Waals surface area contributed by atoms with E-state index in [0.717, 1.165) is 11.6 Å². The summed E-state index contributed by atoms with van der Waals surface area (Å²) in [6.07, 6.45) is 0. The number of nitrogens with one attached hydrogen (secondary N) is 1. The van der Waals surface area contributed by atoms with Crippen LogP contribution in [0.15, 0.2) is 42.5 Å². The summed E-state index contributed by atoms with van der Waals surface area (Å²) in [7, 11) is 0. The van der Waals surface area contributed by atoms with E-state index in [-0.39, 0.29) is 5.69 Å². The Morgan fingerprint density at radius 3 is 2.70 bits per heavy atom. The Bertz CT molecular complexity index is 1040. The number of nitrogens with zero attached hydrogens (tertiary/aromatic N) is 4. The number of aryl methyl sites for hydroxylation is 1. The van der Waals surface area contributed by atoms with E-state index < -0.39 is 11.6 Å². The fourth-order valence-corrected chi connectivity index (χ4v) is 2.52. The average molecular weight is 311 g/mol. The number of hydrogen-bond donors (Lipinski definition) is 1. The molecule has 0 aliphatic carbocycles. The van der Waals surface area contributed by atoms with Crippen LogP contribution in [0.1, 0.15) is 5.82 Å². The molecule has 0 unspecified atom stereocenters. The van der Waals surface area contributed by atoms with E-state index in [9.17, 15) is 8.78 Å². The Morgan fingerprint density at radius 1 is 1.04 bits per heavy atom. The van der Waals surface area contributed by atoms with Crippen LogP contribution in [0.3, 0.4) is 0 Å². The number of hydrogen-bond acceptors (Lipinski definition) is 4. The molecule has 23 heavy (non-hydrogen) atoms. The Kier molecular flexibility index (Phi) is 2.94. The lowest BCUT2D eigenvalue weighted by Gasteiger charge is -2.10. The van der Waals surface area contributed by atoms with E-state index in [2.05, 4.69) is 20.5 Å². The predicted molar refractivity (Wildman–Crippen MR) is 82.7 cm³/mol. The first kappa shape index (κ1) is 13.6. The van der Waals surface area contributed by atoms with Gasteiger partial charge in [-0.15, -0.1) is 10.2 Å². The second-order valence-corrected chi connectivity index (χ2v) is 5.10. The SMILES string of the molecule is Cc1nnc2c(Nc3ccc(F)cc3F)nc3ccccc3n12. The molecule has 0 atom stereocenters. The number of halogens is 2. The fraction of sp³-hybridized carbons (Fsp3) is 0.0625. The maximum absolute atomic E-state index is 13.9. The van der Waals surface area contributed by atoms with E-state index in [0.29, 0.717) is 22.8 Å². The minimum absolute atomic E-state index is 0.122. The minimum Gasteiger partial charge on any atom is -0.335 e. The van der Waals surface area contributed by atoms with Crippen LogP contribution in [-0.4, -0.2) is 19.6 Å². The van der Waals surface area contributed by atoms with Crippen LogP contribution in [-0.2, 0) is 0 Å². The number of fused-ring (bicyclic) bond motifs is 3. The number of benzene rings is 2. The molecule has 0 aliphatic rings. The first-order chi connectivity index (χ1) is 11.1. The smallest absolute Gasteiger partial charge is 0.204 e. The standard InChI is InChI=1S/C16H11F2N5/c1-9-21-22-16-15(19-12-7-6-10(17)8-11(12)18)20-13-4-2-3-5-14(13)23(9)16/h2-8H,1H3,(H,19,20). The zero-order valence-electron chi connectivity index (χ0n) is 12.1. The molecule has 114 valence electrons. The van der Waals surface area contributed by atoms with Gasteiger partial charge in [-0.25, -0.2) is 13.8 Å². The van der Waals surface area contributed by atoms with Gasteiger partial charge in [0.2, 0.25) is 5.65 Å².